The molecule has 1 aliphatic heterocycles. The van der Waals surface area contributed by atoms with Gasteiger partial charge < -0.3 is 20.3 Å². The molecule has 1 heterocycles. The summed E-state index contributed by atoms with van der Waals surface area (Å²) in [6, 6.07) is 0.342. The summed E-state index contributed by atoms with van der Waals surface area (Å²) in [6.07, 6.45) is 2.23. The molecule has 0 saturated carbocycles. The number of rotatable bonds is 6. The molecule has 2 N–H and O–H groups in total. The van der Waals surface area contributed by atoms with Crippen LogP contribution in [0.25, 0.3) is 0 Å². The molecule has 1 rings (SSSR count). The largest absolute Gasteiger partial charge is 0.383 e. The molecule has 5 nitrogen and oxygen atoms in total. The summed E-state index contributed by atoms with van der Waals surface area (Å²) in [7, 11) is 3.77. The Morgan fingerprint density at radius 2 is 2.12 bits per heavy atom. The number of ether oxygens (including phenoxy) is 1. The molecule has 0 aromatic rings. The SMILES string of the molecule is COCCNC(=O)C(C)NC1CCN(C)CC1. The van der Waals surface area contributed by atoms with Crippen molar-refractivity contribution in [2.45, 2.75) is 31.8 Å². The molecule has 0 radical (unpaired) electrons. The molecule has 0 spiro atoms. The molecular weight excluding hydrogens is 218 g/mol. The zero-order chi connectivity index (χ0) is 12.7. The predicted octanol–water partition coefficient (Wildman–Crippen LogP) is -0.179. The van der Waals surface area contributed by atoms with Crippen LogP contribution in [-0.2, 0) is 9.53 Å². The monoisotopic (exact) mass is 243 g/mol. The Morgan fingerprint density at radius 3 is 2.71 bits per heavy atom. The first-order valence-corrected chi connectivity index (χ1v) is 6.34. The van der Waals surface area contributed by atoms with Crippen LogP contribution < -0.4 is 10.6 Å². The summed E-state index contributed by atoms with van der Waals surface area (Å²) in [5.74, 6) is 0.0565. The number of nitrogens with one attached hydrogen (secondary N) is 2. The van der Waals surface area contributed by atoms with Crippen LogP contribution in [0, 0.1) is 0 Å². The summed E-state index contributed by atoms with van der Waals surface area (Å²) in [5, 5.41) is 6.23. The number of nitrogens with zero attached hydrogens (tertiary/aromatic N) is 1. The molecule has 5 heteroatoms. The molecule has 1 fully saturated rings. The van der Waals surface area contributed by atoms with Crippen LogP contribution in [0.1, 0.15) is 19.8 Å². The second kappa shape index (κ2) is 7.63. The minimum Gasteiger partial charge on any atom is -0.383 e. The van der Waals surface area contributed by atoms with Crippen LogP contribution in [0.2, 0.25) is 0 Å². The van der Waals surface area contributed by atoms with Crippen molar-refractivity contribution in [3.8, 4) is 0 Å². The van der Waals surface area contributed by atoms with Gasteiger partial charge in [0.25, 0.3) is 0 Å². The lowest BCUT2D eigenvalue weighted by Crippen LogP contribution is -2.50. The van der Waals surface area contributed by atoms with E-state index in [9.17, 15) is 4.79 Å². The van der Waals surface area contributed by atoms with Crippen molar-refractivity contribution in [1.29, 1.82) is 0 Å². The molecule has 0 aromatic carbocycles. The molecule has 0 aliphatic carbocycles. The Morgan fingerprint density at radius 1 is 1.47 bits per heavy atom. The maximum Gasteiger partial charge on any atom is 0.236 e. The fourth-order valence-electron chi connectivity index (χ4n) is 2.03. The quantitative estimate of drug-likeness (QED) is 0.636. The molecule has 100 valence electrons. The van der Waals surface area contributed by atoms with Gasteiger partial charge in [-0.25, -0.2) is 0 Å². The number of carbonyl (C=O) groups excluding carboxylic acids is 1. The second-order valence-electron chi connectivity index (χ2n) is 4.75. The van der Waals surface area contributed by atoms with E-state index in [0.29, 0.717) is 19.2 Å². The van der Waals surface area contributed by atoms with Gasteiger partial charge in [0.1, 0.15) is 0 Å². The first kappa shape index (κ1) is 14.4. The standard InChI is InChI=1S/C12H25N3O2/c1-10(12(16)13-6-9-17-3)14-11-4-7-15(2)8-5-11/h10-11,14H,4-9H2,1-3H3,(H,13,16). The van der Waals surface area contributed by atoms with E-state index in [2.05, 4.69) is 22.6 Å². The first-order chi connectivity index (χ1) is 8.13. The smallest absolute Gasteiger partial charge is 0.236 e. The van der Waals surface area contributed by atoms with Crippen molar-refractivity contribution in [3.05, 3.63) is 0 Å². The van der Waals surface area contributed by atoms with E-state index in [-0.39, 0.29) is 11.9 Å². The Labute approximate surface area is 104 Å². The molecular formula is C12H25N3O2. The van der Waals surface area contributed by atoms with Crippen molar-refractivity contribution in [3.63, 3.8) is 0 Å². The van der Waals surface area contributed by atoms with Gasteiger partial charge >= 0.3 is 0 Å². The highest BCUT2D eigenvalue weighted by atomic mass is 16.5. The zero-order valence-electron chi connectivity index (χ0n) is 11.2. The minimum atomic E-state index is -0.125. The van der Waals surface area contributed by atoms with Gasteiger partial charge in [-0.2, -0.15) is 0 Å². The normalized spacial score (nSPS) is 20.2. The van der Waals surface area contributed by atoms with E-state index in [1.165, 1.54) is 0 Å². The van der Waals surface area contributed by atoms with E-state index in [0.717, 1.165) is 25.9 Å². The van der Waals surface area contributed by atoms with E-state index in [1.807, 2.05) is 6.92 Å². The van der Waals surface area contributed by atoms with Gasteiger partial charge in [-0.1, -0.05) is 0 Å². The molecule has 1 saturated heterocycles. The first-order valence-electron chi connectivity index (χ1n) is 6.34. The van der Waals surface area contributed by atoms with E-state index < -0.39 is 0 Å². The van der Waals surface area contributed by atoms with Gasteiger partial charge in [-0.05, 0) is 39.9 Å². The summed E-state index contributed by atoms with van der Waals surface area (Å²) in [5.41, 5.74) is 0. The van der Waals surface area contributed by atoms with E-state index >= 15 is 0 Å². The van der Waals surface area contributed by atoms with Crippen LogP contribution in [-0.4, -0.2) is 63.3 Å². The summed E-state index contributed by atoms with van der Waals surface area (Å²) < 4.78 is 4.89. The number of hydrogen-bond donors (Lipinski definition) is 2. The Balaban J connectivity index is 2.19. The summed E-state index contributed by atoms with van der Waals surface area (Å²) in [4.78, 5) is 14.0. The molecule has 0 bridgehead atoms. The van der Waals surface area contributed by atoms with Crippen molar-refractivity contribution in [2.24, 2.45) is 0 Å². The average Bonchev–Trinajstić information content (AvgIpc) is 2.32. The van der Waals surface area contributed by atoms with E-state index in [1.54, 1.807) is 7.11 Å². The molecule has 0 aromatic heterocycles. The lowest BCUT2D eigenvalue weighted by molar-refractivity contribution is -0.123. The number of carbonyl (C=O) groups is 1. The number of likely N-dealkylation sites (tertiary alicyclic amines) is 1. The van der Waals surface area contributed by atoms with Crippen LogP contribution in [0.5, 0.6) is 0 Å². The van der Waals surface area contributed by atoms with Crippen molar-refractivity contribution in [1.82, 2.24) is 15.5 Å². The molecule has 1 aliphatic rings. The lowest BCUT2D eigenvalue weighted by Gasteiger charge is -2.31. The van der Waals surface area contributed by atoms with Gasteiger partial charge in [0.2, 0.25) is 5.91 Å². The molecule has 1 unspecified atom stereocenters. The third-order valence-corrected chi connectivity index (χ3v) is 3.20. The maximum absolute atomic E-state index is 11.7. The van der Waals surface area contributed by atoms with Gasteiger partial charge in [-0.15, -0.1) is 0 Å². The van der Waals surface area contributed by atoms with Crippen LogP contribution >= 0.6 is 0 Å². The lowest BCUT2D eigenvalue weighted by atomic mass is 10.0. The highest BCUT2D eigenvalue weighted by molar-refractivity contribution is 5.81. The molecule has 1 atom stereocenters. The fourth-order valence-corrected chi connectivity index (χ4v) is 2.03. The molecule has 17 heavy (non-hydrogen) atoms. The number of piperidine rings is 1. The summed E-state index contributed by atoms with van der Waals surface area (Å²) in [6.45, 7) is 5.27. The zero-order valence-corrected chi connectivity index (χ0v) is 11.2. The highest BCUT2D eigenvalue weighted by Crippen LogP contribution is 2.08. The predicted molar refractivity (Wildman–Crippen MR) is 68.0 cm³/mol. The number of hydrogen-bond acceptors (Lipinski definition) is 4. The number of amides is 1. The van der Waals surface area contributed by atoms with Gasteiger partial charge in [0, 0.05) is 19.7 Å². The topological polar surface area (TPSA) is 53.6 Å². The van der Waals surface area contributed by atoms with Crippen molar-refractivity contribution < 1.29 is 9.53 Å². The maximum atomic E-state index is 11.7. The number of methoxy groups -OCH3 is 1. The Kier molecular flexibility index (Phi) is 6.47. The molecule has 1 amide bonds. The summed E-state index contributed by atoms with van der Waals surface area (Å²) >= 11 is 0. The third kappa shape index (κ3) is 5.48. The second-order valence-corrected chi connectivity index (χ2v) is 4.75. The van der Waals surface area contributed by atoms with Crippen molar-refractivity contribution >= 4 is 5.91 Å². The Bertz CT molecular complexity index is 228. The van der Waals surface area contributed by atoms with Gasteiger partial charge in [0.05, 0.1) is 12.6 Å². The Hall–Kier alpha value is -0.650. The van der Waals surface area contributed by atoms with Crippen LogP contribution in [0.4, 0.5) is 0 Å². The fraction of sp³-hybridized carbons (Fsp3) is 0.917. The van der Waals surface area contributed by atoms with Crippen molar-refractivity contribution in [2.75, 3.05) is 40.4 Å². The third-order valence-electron chi connectivity index (χ3n) is 3.20. The van der Waals surface area contributed by atoms with Gasteiger partial charge in [-0.3, -0.25) is 4.79 Å². The minimum absolute atomic E-state index is 0.0565. The van der Waals surface area contributed by atoms with Crippen LogP contribution in [0.15, 0.2) is 0 Å². The average molecular weight is 243 g/mol. The van der Waals surface area contributed by atoms with Crippen LogP contribution in [0.3, 0.4) is 0 Å². The van der Waals surface area contributed by atoms with Gasteiger partial charge in [0.15, 0.2) is 0 Å². The highest BCUT2D eigenvalue weighted by Gasteiger charge is 2.20. The van der Waals surface area contributed by atoms with E-state index in [4.69, 9.17) is 4.74 Å².